The summed E-state index contributed by atoms with van der Waals surface area (Å²) < 4.78 is 0. The van der Waals surface area contributed by atoms with Gasteiger partial charge in [0.25, 0.3) is 0 Å². The fourth-order valence-corrected chi connectivity index (χ4v) is 4.43. The maximum absolute atomic E-state index is 4.41. The molecule has 2 aromatic heterocycles. The molecule has 5 rings (SSSR count). The minimum atomic E-state index is 0.491. The highest BCUT2D eigenvalue weighted by atomic mass is 32.1. The molecule has 120 valence electrons. The maximum Gasteiger partial charge on any atom is 0.208 e. The highest BCUT2D eigenvalue weighted by molar-refractivity contribution is 7.15. The standard InChI is InChI=1S/C16H20N6S/c1-21(16-20-19-15(23-16)10-5-6-10)12-8-22(9-12)14-7-11-3-2-4-13(11)17-18-14/h7,10,12H,2-6,8-9H2,1H3. The van der Waals surface area contributed by atoms with Crippen LogP contribution in [0, 0.1) is 0 Å². The number of fused-ring (bicyclic) bond motifs is 1. The molecule has 3 heterocycles. The topological polar surface area (TPSA) is 58.0 Å². The zero-order chi connectivity index (χ0) is 15.4. The lowest BCUT2D eigenvalue weighted by Gasteiger charge is -2.44. The van der Waals surface area contributed by atoms with Gasteiger partial charge in [-0.1, -0.05) is 11.3 Å². The van der Waals surface area contributed by atoms with E-state index in [9.17, 15) is 0 Å². The molecule has 2 aromatic rings. The molecule has 0 amide bonds. The van der Waals surface area contributed by atoms with Crippen molar-refractivity contribution in [1.82, 2.24) is 20.4 Å². The number of hydrogen-bond donors (Lipinski definition) is 0. The Morgan fingerprint density at radius 1 is 1.13 bits per heavy atom. The third-order valence-corrected chi connectivity index (χ3v) is 6.38. The van der Waals surface area contributed by atoms with Gasteiger partial charge >= 0.3 is 0 Å². The van der Waals surface area contributed by atoms with E-state index in [0.29, 0.717) is 12.0 Å². The molecular formula is C16H20N6S. The van der Waals surface area contributed by atoms with Gasteiger partial charge in [-0.2, -0.15) is 5.10 Å². The number of aromatic nitrogens is 4. The van der Waals surface area contributed by atoms with Crippen molar-refractivity contribution in [2.24, 2.45) is 0 Å². The number of aryl methyl sites for hydroxylation is 2. The van der Waals surface area contributed by atoms with Crippen molar-refractivity contribution >= 4 is 22.3 Å². The average molecular weight is 328 g/mol. The lowest BCUT2D eigenvalue weighted by atomic mass is 10.1. The molecule has 1 saturated carbocycles. The molecule has 3 aliphatic rings. The van der Waals surface area contributed by atoms with Crippen LogP contribution in [0.5, 0.6) is 0 Å². The molecule has 1 aliphatic heterocycles. The Labute approximate surface area is 139 Å². The van der Waals surface area contributed by atoms with E-state index in [1.807, 2.05) is 0 Å². The SMILES string of the molecule is CN(c1nnc(C2CC2)s1)C1CN(c2cc3c(nn2)CCC3)C1. The molecule has 0 atom stereocenters. The maximum atomic E-state index is 4.41. The molecule has 7 heteroatoms. The Bertz CT molecular complexity index is 734. The Hall–Kier alpha value is -1.76. The van der Waals surface area contributed by atoms with Gasteiger partial charge in [0, 0.05) is 26.1 Å². The summed E-state index contributed by atoms with van der Waals surface area (Å²) in [7, 11) is 2.13. The summed E-state index contributed by atoms with van der Waals surface area (Å²) >= 11 is 1.76. The molecule has 2 aliphatic carbocycles. The first-order valence-corrected chi connectivity index (χ1v) is 9.26. The highest BCUT2D eigenvalue weighted by Crippen LogP contribution is 2.42. The van der Waals surface area contributed by atoms with Gasteiger partial charge < -0.3 is 9.80 Å². The summed E-state index contributed by atoms with van der Waals surface area (Å²) in [6.45, 7) is 1.98. The Morgan fingerprint density at radius 2 is 2.00 bits per heavy atom. The smallest absolute Gasteiger partial charge is 0.208 e. The van der Waals surface area contributed by atoms with E-state index in [1.165, 1.54) is 35.5 Å². The fourth-order valence-electron chi connectivity index (χ4n) is 3.38. The van der Waals surface area contributed by atoms with Gasteiger partial charge in [-0.3, -0.25) is 0 Å². The van der Waals surface area contributed by atoms with Crippen LogP contribution in [-0.4, -0.2) is 46.6 Å². The van der Waals surface area contributed by atoms with Crippen LogP contribution in [0.2, 0.25) is 0 Å². The largest absolute Gasteiger partial charge is 0.351 e. The van der Waals surface area contributed by atoms with E-state index in [0.717, 1.165) is 36.9 Å². The van der Waals surface area contributed by atoms with Crippen LogP contribution in [0.25, 0.3) is 0 Å². The Balaban J connectivity index is 1.25. The van der Waals surface area contributed by atoms with Crippen LogP contribution >= 0.6 is 11.3 Å². The van der Waals surface area contributed by atoms with Crippen molar-refractivity contribution in [2.75, 3.05) is 29.9 Å². The molecular weight excluding hydrogens is 308 g/mol. The normalized spacial score (nSPS) is 20.5. The first-order chi connectivity index (χ1) is 11.3. The third-order valence-electron chi connectivity index (χ3n) is 5.20. The highest BCUT2D eigenvalue weighted by Gasteiger charge is 2.34. The average Bonchev–Trinajstić information content (AvgIpc) is 3.07. The molecule has 0 bridgehead atoms. The zero-order valence-corrected chi connectivity index (χ0v) is 14.1. The number of likely N-dealkylation sites (N-methyl/N-ethyl adjacent to an activating group) is 1. The predicted molar refractivity (Wildman–Crippen MR) is 90.3 cm³/mol. The summed E-state index contributed by atoms with van der Waals surface area (Å²) in [5.41, 5.74) is 2.59. The number of rotatable bonds is 4. The quantitative estimate of drug-likeness (QED) is 0.856. The van der Waals surface area contributed by atoms with Crippen LogP contribution in [0.15, 0.2) is 6.07 Å². The molecule has 0 aromatic carbocycles. The van der Waals surface area contributed by atoms with Crippen molar-refractivity contribution in [3.63, 3.8) is 0 Å². The molecule has 1 saturated heterocycles. The van der Waals surface area contributed by atoms with E-state index in [-0.39, 0.29) is 0 Å². The second kappa shape index (κ2) is 5.12. The molecule has 2 fully saturated rings. The summed E-state index contributed by atoms with van der Waals surface area (Å²) in [5.74, 6) is 1.72. The summed E-state index contributed by atoms with van der Waals surface area (Å²) in [6.07, 6.45) is 6.04. The lowest BCUT2D eigenvalue weighted by molar-refractivity contribution is 0.489. The first-order valence-electron chi connectivity index (χ1n) is 8.44. The summed E-state index contributed by atoms with van der Waals surface area (Å²) in [6, 6.07) is 2.73. The minimum Gasteiger partial charge on any atom is -0.351 e. The van der Waals surface area contributed by atoms with Gasteiger partial charge in [0.2, 0.25) is 5.13 Å². The van der Waals surface area contributed by atoms with Gasteiger partial charge in [0.1, 0.15) is 5.01 Å². The molecule has 0 spiro atoms. The molecule has 0 radical (unpaired) electrons. The van der Waals surface area contributed by atoms with Crippen molar-refractivity contribution < 1.29 is 0 Å². The second-order valence-corrected chi connectivity index (χ2v) is 7.88. The number of anilines is 2. The molecule has 0 unspecified atom stereocenters. The third kappa shape index (κ3) is 2.38. The monoisotopic (exact) mass is 328 g/mol. The molecule has 23 heavy (non-hydrogen) atoms. The van der Waals surface area contributed by atoms with Gasteiger partial charge in [-0.15, -0.1) is 15.3 Å². The van der Waals surface area contributed by atoms with Crippen LogP contribution in [0.3, 0.4) is 0 Å². The minimum absolute atomic E-state index is 0.491. The van der Waals surface area contributed by atoms with Crippen LogP contribution in [0.1, 0.15) is 41.4 Å². The predicted octanol–water partition coefficient (Wildman–Crippen LogP) is 2.02. The van der Waals surface area contributed by atoms with E-state index < -0.39 is 0 Å². The zero-order valence-electron chi connectivity index (χ0n) is 13.3. The fraction of sp³-hybridized carbons (Fsp3) is 0.625. The number of hydrogen-bond acceptors (Lipinski definition) is 7. The van der Waals surface area contributed by atoms with Crippen molar-refractivity contribution in [3.8, 4) is 0 Å². The van der Waals surface area contributed by atoms with Crippen LogP contribution < -0.4 is 9.80 Å². The van der Waals surface area contributed by atoms with Crippen molar-refractivity contribution in [1.29, 1.82) is 0 Å². The van der Waals surface area contributed by atoms with Crippen LogP contribution in [-0.2, 0) is 12.8 Å². The van der Waals surface area contributed by atoms with Crippen LogP contribution in [0.4, 0.5) is 10.9 Å². The van der Waals surface area contributed by atoms with Gasteiger partial charge in [0.15, 0.2) is 5.82 Å². The second-order valence-electron chi connectivity index (χ2n) is 6.89. The van der Waals surface area contributed by atoms with Gasteiger partial charge in [0.05, 0.1) is 11.7 Å². The van der Waals surface area contributed by atoms with E-state index in [4.69, 9.17) is 0 Å². The number of nitrogens with zero attached hydrogens (tertiary/aromatic N) is 6. The van der Waals surface area contributed by atoms with Gasteiger partial charge in [-0.25, -0.2) is 0 Å². The molecule has 0 N–H and O–H groups in total. The van der Waals surface area contributed by atoms with E-state index >= 15 is 0 Å². The Kier molecular flexibility index (Phi) is 3.04. The van der Waals surface area contributed by atoms with E-state index in [1.54, 1.807) is 11.3 Å². The molecule has 6 nitrogen and oxygen atoms in total. The van der Waals surface area contributed by atoms with Crippen molar-refractivity contribution in [3.05, 3.63) is 22.3 Å². The van der Waals surface area contributed by atoms with Gasteiger partial charge in [-0.05, 0) is 43.7 Å². The van der Waals surface area contributed by atoms with E-state index in [2.05, 4.69) is 43.3 Å². The summed E-state index contributed by atoms with van der Waals surface area (Å²) in [4.78, 5) is 4.59. The Morgan fingerprint density at radius 3 is 2.83 bits per heavy atom. The van der Waals surface area contributed by atoms with Crippen molar-refractivity contribution in [2.45, 2.75) is 44.1 Å². The first kappa shape index (κ1) is 13.7. The summed E-state index contributed by atoms with van der Waals surface area (Å²) in [5, 5.41) is 19.8. The lowest BCUT2D eigenvalue weighted by Crippen LogP contribution is -2.59.